The average Bonchev–Trinajstić information content (AvgIpc) is 3.28. The molecule has 4 heteroatoms. The molecule has 102 valence electrons. The zero-order valence-electron chi connectivity index (χ0n) is 11.1. The molecule has 1 amide bonds. The number of rotatable bonds is 5. The summed E-state index contributed by atoms with van der Waals surface area (Å²) >= 11 is 0. The maximum Gasteiger partial charge on any atom is 0.253 e. The topological polar surface area (TPSA) is 41.1 Å². The Hall–Kier alpha value is -1.58. The van der Waals surface area contributed by atoms with Crippen LogP contribution in [0.5, 0.6) is 0 Å². The van der Waals surface area contributed by atoms with E-state index in [0.29, 0.717) is 23.4 Å². The molecule has 3 nitrogen and oxygen atoms in total. The molecule has 0 aromatic heterocycles. The van der Waals surface area contributed by atoms with Crippen molar-refractivity contribution in [3.63, 3.8) is 0 Å². The molecule has 1 aromatic carbocycles. The number of anilines is 1. The number of amides is 1. The molecule has 3 rings (SSSR count). The van der Waals surface area contributed by atoms with Gasteiger partial charge in [-0.3, -0.25) is 4.79 Å². The number of nitrogens with one attached hydrogen (secondary N) is 2. The van der Waals surface area contributed by atoms with Gasteiger partial charge in [0.2, 0.25) is 0 Å². The lowest BCUT2D eigenvalue weighted by molar-refractivity contribution is 0.0927. The Balaban J connectivity index is 1.77. The molecule has 2 saturated carbocycles. The Bertz CT molecular complexity index is 483. The van der Waals surface area contributed by atoms with Gasteiger partial charge >= 0.3 is 0 Å². The van der Waals surface area contributed by atoms with Gasteiger partial charge in [-0.1, -0.05) is 6.07 Å². The number of carbonyl (C=O) groups is 1. The highest BCUT2D eigenvalue weighted by molar-refractivity contribution is 5.99. The van der Waals surface area contributed by atoms with Crippen LogP contribution in [-0.2, 0) is 0 Å². The van der Waals surface area contributed by atoms with Crippen molar-refractivity contribution >= 4 is 11.6 Å². The maximum absolute atomic E-state index is 13.6. The zero-order chi connectivity index (χ0) is 13.4. The van der Waals surface area contributed by atoms with E-state index in [1.54, 1.807) is 19.2 Å². The molecule has 1 aromatic rings. The fourth-order valence-electron chi connectivity index (χ4n) is 2.73. The molecule has 0 spiro atoms. The Morgan fingerprint density at radius 3 is 2.42 bits per heavy atom. The lowest BCUT2D eigenvalue weighted by Crippen LogP contribution is -2.38. The maximum atomic E-state index is 13.6. The highest BCUT2D eigenvalue weighted by Crippen LogP contribution is 2.44. The molecule has 2 N–H and O–H groups in total. The molecule has 2 fully saturated rings. The fraction of sp³-hybridized carbons (Fsp3) is 0.533. The smallest absolute Gasteiger partial charge is 0.253 e. The third kappa shape index (κ3) is 2.57. The third-order valence-corrected chi connectivity index (χ3v) is 4.07. The van der Waals surface area contributed by atoms with Crippen LogP contribution in [0.4, 0.5) is 10.1 Å². The van der Waals surface area contributed by atoms with Gasteiger partial charge in [-0.15, -0.1) is 0 Å². The normalized spacial score (nSPS) is 18.5. The summed E-state index contributed by atoms with van der Waals surface area (Å²) in [5.41, 5.74) is 0.680. The van der Waals surface area contributed by atoms with E-state index in [2.05, 4.69) is 10.6 Å². The standard InChI is InChI=1S/C15H19FN2O/c1-17-14-11(3-2-4-12(14)16)15(19)18-13(9-5-6-9)10-7-8-10/h2-4,9-10,13,17H,5-8H2,1H3,(H,18,19). The number of carbonyl (C=O) groups excluding carboxylic acids is 1. The van der Waals surface area contributed by atoms with Crippen LogP contribution in [-0.4, -0.2) is 19.0 Å². The molecule has 0 atom stereocenters. The summed E-state index contributed by atoms with van der Waals surface area (Å²) in [5.74, 6) is 0.739. The van der Waals surface area contributed by atoms with Crippen LogP contribution in [0.1, 0.15) is 36.0 Å². The van der Waals surface area contributed by atoms with Crippen molar-refractivity contribution in [2.45, 2.75) is 31.7 Å². The summed E-state index contributed by atoms with van der Waals surface area (Å²) < 4.78 is 13.6. The number of para-hydroxylation sites is 1. The Kier molecular flexibility index (Phi) is 3.17. The summed E-state index contributed by atoms with van der Waals surface area (Å²) in [6.45, 7) is 0. The summed E-state index contributed by atoms with van der Waals surface area (Å²) in [4.78, 5) is 12.3. The average molecular weight is 262 g/mol. The van der Waals surface area contributed by atoms with E-state index in [4.69, 9.17) is 0 Å². The summed E-state index contributed by atoms with van der Waals surface area (Å²) in [6.07, 6.45) is 4.85. The van der Waals surface area contributed by atoms with Crippen molar-refractivity contribution in [3.05, 3.63) is 29.6 Å². The molecular formula is C15H19FN2O. The van der Waals surface area contributed by atoms with Gasteiger partial charge in [0.25, 0.3) is 5.91 Å². The van der Waals surface area contributed by atoms with Gasteiger partial charge in [0.1, 0.15) is 5.82 Å². The van der Waals surface area contributed by atoms with Gasteiger partial charge in [0, 0.05) is 13.1 Å². The Labute approximate surface area is 112 Å². The Morgan fingerprint density at radius 1 is 1.26 bits per heavy atom. The molecule has 0 aliphatic heterocycles. The van der Waals surface area contributed by atoms with E-state index in [9.17, 15) is 9.18 Å². The van der Waals surface area contributed by atoms with Crippen LogP contribution >= 0.6 is 0 Å². The first-order valence-electron chi connectivity index (χ1n) is 6.98. The largest absolute Gasteiger partial charge is 0.385 e. The molecular weight excluding hydrogens is 243 g/mol. The summed E-state index contributed by atoms with van der Waals surface area (Å²) in [7, 11) is 1.63. The first-order valence-corrected chi connectivity index (χ1v) is 6.98. The molecule has 0 radical (unpaired) electrons. The van der Waals surface area contributed by atoms with Crippen molar-refractivity contribution in [2.24, 2.45) is 11.8 Å². The minimum Gasteiger partial charge on any atom is -0.385 e. The van der Waals surface area contributed by atoms with Crippen molar-refractivity contribution in [2.75, 3.05) is 12.4 Å². The van der Waals surface area contributed by atoms with Crippen molar-refractivity contribution in [3.8, 4) is 0 Å². The van der Waals surface area contributed by atoms with Crippen molar-refractivity contribution < 1.29 is 9.18 Å². The molecule has 2 aliphatic carbocycles. The first kappa shape index (κ1) is 12.5. The van der Waals surface area contributed by atoms with E-state index < -0.39 is 0 Å². The SMILES string of the molecule is CNc1c(F)cccc1C(=O)NC(C1CC1)C1CC1. The molecule has 0 bridgehead atoms. The van der Waals surface area contributed by atoms with E-state index in [1.165, 1.54) is 31.7 Å². The van der Waals surface area contributed by atoms with Crippen LogP contribution in [0.15, 0.2) is 18.2 Å². The second-order valence-electron chi connectivity index (χ2n) is 5.59. The fourth-order valence-corrected chi connectivity index (χ4v) is 2.73. The predicted molar refractivity (Wildman–Crippen MR) is 72.6 cm³/mol. The van der Waals surface area contributed by atoms with E-state index in [-0.39, 0.29) is 17.4 Å². The van der Waals surface area contributed by atoms with Gasteiger partial charge in [0.15, 0.2) is 0 Å². The van der Waals surface area contributed by atoms with Crippen LogP contribution in [0.3, 0.4) is 0 Å². The first-order chi connectivity index (χ1) is 9.20. The minimum atomic E-state index is -0.385. The quantitative estimate of drug-likeness (QED) is 0.856. The van der Waals surface area contributed by atoms with Gasteiger partial charge < -0.3 is 10.6 Å². The molecule has 2 aliphatic rings. The van der Waals surface area contributed by atoms with Crippen LogP contribution in [0.2, 0.25) is 0 Å². The number of hydrogen-bond acceptors (Lipinski definition) is 2. The van der Waals surface area contributed by atoms with Crippen molar-refractivity contribution in [1.29, 1.82) is 0 Å². The zero-order valence-corrected chi connectivity index (χ0v) is 11.1. The van der Waals surface area contributed by atoms with Crippen LogP contribution < -0.4 is 10.6 Å². The second kappa shape index (κ2) is 4.83. The van der Waals surface area contributed by atoms with E-state index in [1.807, 2.05) is 0 Å². The van der Waals surface area contributed by atoms with Gasteiger partial charge in [-0.25, -0.2) is 4.39 Å². The molecule has 19 heavy (non-hydrogen) atoms. The summed E-state index contributed by atoms with van der Waals surface area (Å²) in [5, 5.41) is 5.89. The molecule has 0 saturated heterocycles. The lowest BCUT2D eigenvalue weighted by atomic mass is 10.1. The third-order valence-electron chi connectivity index (χ3n) is 4.07. The van der Waals surface area contributed by atoms with Gasteiger partial charge in [0.05, 0.1) is 11.3 Å². The summed E-state index contributed by atoms with van der Waals surface area (Å²) in [6, 6.07) is 4.90. The highest BCUT2D eigenvalue weighted by Gasteiger charge is 2.42. The number of halogens is 1. The van der Waals surface area contributed by atoms with Crippen molar-refractivity contribution in [1.82, 2.24) is 5.32 Å². The second-order valence-corrected chi connectivity index (χ2v) is 5.59. The predicted octanol–water partition coefficient (Wildman–Crippen LogP) is 2.79. The number of benzene rings is 1. The molecule has 0 heterocycles. The van der Waals surface area contributed by atoms with Gasteiger partial charge in [-0.05, 0) is 49.7 Å². The minimum absolute atomic E-state index is 0.160. The van der Waals surface area contributed by atoms with Crippen LogP contribution in [0, 0.1) is 17.7 Å². The van der Waals surface area contributed by atoms with Crippen LogP contribution in [0.25, 0.3) is 0 Å². The Morgan fingerprint density at radius 2 is 1.89 bits per heavy atom. The van der Waals surface area contributed by atoms with E-state index in [0.717, 1.165) is 0 Å². The lowest BCUT2D eigenvalue weighted by Gasteiger charge is -2.19. The molecule has 0 unspecified atom stereocenters. The highest BCUT2D eigenvalue weighted by atomic mass is 19.1. The monoisotopic (exact) mass is 262 g/mol. The number of hydrogen-bond donors (Lipinski definition) is 2. The van der Waals surface area contributed by atoms with E-state index >= 15 is 0 Å². The van der Waals surface area contributed by atoms with Gasteiger partial charge in [-0.2, -0.15) is 0 Å².